The minimum atomic E-state index is -0.584. The molecule has 0 unspecified atom stereocenters. The number of aromatic amines is 1. The third-order valence-corrected chi connectivity index (χ3v) is 2.36. The minimum absolute atomic E-state index is 0.175. The maximum atomic E-state index is 11.9. The molecule has 4 heteroatoms. The van der Waals surface area contributed by atoms with Crippen LogP contribution in [0.4, 0.5) is 0 Å². The molecule has 1 aromatic carbocycles. The van der Waals surface area contributed by atoms with Gasteiger partial charge in [-0.1, -0.05) is 12.1 Å². The Bertz CT molecular complexity index is 650. The summed E-state index contributed by atoms with van der Waals surface area (Å²) in [4.78, 5) is 26.6. The van der Waals surface area contributed by atoms with E-state index in [1.165, 1.54) is 6.07 Å². The van der Waals surface area contributed by atoms with Crippen molar-refractivity contribution in [2.24, 2.45) is 0 Å². The highest BCUT2D eigenvalue weighted by Crippen LogP contribution is 2.12. The van der Waals surface area contributed by atoms with Crippen molar-refractivity contribution in [2.75, 3.05) is 0 Å². The highest BCUT2D eigenvalue weighted by Gasteiger charge is 2.19. The summed E-state index contributed by atoms with van der Waals surface area (Å²) in [5, 5.41) is 0.560. The van der Waals surface area contributed by atoms with Crippen LogP contribution in [0.5, 0.6) is 0 Å². The van der Waals surface area contributed by atoms with E-state index in [0.717, 1.165) is 0 Å². The molecule has 1 N–H and O–H groups in total. The van der Waals surface area contributed by atoms with Crippen LogP contribution in [-0.2, 0) is 4.74 Å². The first-order chi connectivity index (χ1) is 8.37. The van der Waals surface area contributed by atoms with Crippen molar-refractivity contribution < 1.29 is 9.53 Å². The number of aromatic nitrogens is 1. The molecule has 0 radical (unpaired) electrons. The van der Waals surface area contributed by atoms with Gasteiger partial charge in [0.15, 0.2) is 5.43 Å². The van der Waals surface area contributed by atoms with Gasteiger partial charge in [0.25, 0.3) is 0 Å². The van der Waals surface area contributed by atoms with Crippen LogP contribution in [0, 0.1) is 0 Å². The fourth-order valence-electron chi connectivity index (χ4n) is 1.64. The van der Waals surface area contributed by atoms with Crippen molar-refractivity contribution in [1.82, 2.24) is 4.98 Å². The first-order valence-electron chi connectivity index (χ1n) is 5.72. The Morgan fingerprint density at radius 3 is 2.56 bits per heavy atom. The summed E-state index contributed by atoms with van der Waals surface area (Å²) in [7, 11) is 0. The van der Waals surface area contributed by atoms with E-state index in [1.54, 1.807) is 45.0 Å². The van der Waals surface area contributed by atoms with E-state index in [-0.39, 0.29) is 11.1 Å². The molecule has 0 spiro atoms. The van der Waals surface area contributed by atoms with Crippen LogP contribution in [0.15, 0.2) is 35.1 Å². The summed E-state index contributed by atoms with van der Waals surface area (Å²) < 4.78 is 5.22. The molecule has 18 heavy (non-hydrogen) atoms. The third kappa shape index (κ3) is 2.59. The number of ether oxygens (including phenoxy) is 1. The second-order valence-corrected chi connectivity index (χ2v) is 5.09. The van der Waals surface area contributed by atoms with Gasteiger partial charge in [-0.3, -0.25) is 4.79 Å². The molecule has 4 nitrogen and oxygen atoms in total. The number of rotatable bonds is 1. The first kappa shape index (κ1) is 12.4. The molecule has 1 aromatic heterocycles. The van der Waals surface area contributed by atoms with Crippen molar-refractivity contribution in [2.45, 2.75) is 26.4 Å². The SMILES string of the molecule is CC(C)(C)OC(=O)c1cc(=O)c2ccccc2[nH]1. The summed E-state index contributed by atoms with van der Waals surface area (Å²) in [6.07, 6.45) is 0. The topological polar surface area (TPSA) is 59.2 Å². The summed E-state index contributed by atoms with van der Waals surface area (Å²) in [5.41, 5.74) is 0.0317. The zero-order valence-electron chi connectivity index (χ0n) is 10.6. The van der Waals surface area contributed by atoms with E-state index in [4.69, 9.17) is 4.74 Å². The Kier molecular flexibility index (Phi) is 2.95. The van der Waals surface area contributed by atoms with Gasteiger partial charge in [-0.05, 0) is 32.9 Å². The average Bonchev–Trinajstić information content (AvgIpc) is 2.26. The van der Waals surface area contributed by atoms with Gasteiger partial charge in [0.2, 0.25) is 0 Å². The van der Waals surface area contributed by atoms with Gasteiger partial charge in [0, 0.05) is 17.0 Å². The lowest BCUT2D eigenvalue weighted by atomic mass is 10.2. The van der Waals surface area contributed by atoms with Crippen LogP contribution >= 0.6 is 0 Å². The molecule has 94 valence electrons. The normalized spacial score (nSPS) is 11.5. The molecule has 0 aliphatic heterocycles. The lowest BCUT2D eigenvalue weighted by molar-refractivity contribution is 0.00632. The van der Waals surface area contributed by atoms with Crippen LogP contribution in [0.2, 0.25) is 0 Å². The van der Waals surface area contributed by atoms with E-state index in [1.807, 2.05) is 0 Å². The molecule has 0 bridgehead atoms. The number of nitrogens with one attached hydrogen (secondary N) is 1. The summed E-state index contributed by atoms with van der Waals surface area (Å²) in [5.74, 6) is -0.523. The second-order valence-electron chi connectivity index (χ2n) is 5.09. The predicted molar refractivity (Wildman–Crippen MR) is 69.7 cm³/mol. The van der Waals surface area contributed by atoms with Crippen molar-refractivity contribution in [1.29, 1.82) is 0 Å². The molecule has 0 fully saturated rings. The molecule has 0 saturated heterocycles. The number of hydrogen-bond donors (Lipinski definition) is 1. The van der Waals surface area contributed by atoms with E-state index in [9.17, 15) is 9.59 Å². The number of carbonyl (C=O) groups is 1. The Balaban J connectivity index is 2.47. The lowest BCUT2D eigenvalue weighted by Gasteiger charge is -2.19. The van der Waals surface area contributed by atoms with E-state index in [2.05, 4.69) is 4.98 Å². The summed E-state index contributed by atoms with van der Waals surface area (Å²) >= 11 is 0. The van der Waals surface area contributed by atoms with E-state index < -0.39 is 11.6 Å². The van der Waals surface area contributed by atoms with Gasteiger partial charge < -0.3 is 9.72 Å². The maximum Gasteiger partial charge on any atom is 0.355 e. The molecule has 0 amide bonds. The highest BCUT2D eigenvalue weighted by atomic mass is 16.6. The van der Waals surface area contributed by atoms with Crippen LogP contribution in [0.3, 0.4) is 0 Å². The Morgan fingerprint density at radius 2 is 1.89 bits per heavy atom. The molecular weight excluding hydrogens is 230 g/mol. The van der Waals surface area contributed by atoms with E-state index >= 15 is 0 Å². The quantitative estimate of drug-likeness (QED) is 0.785. The number of pyridine rings is 1. The molecule has 2 rings (SSSR count). The molecule has 0 atom stereocenters. The molecule has 0 aliphatic carbocycles. The van der Waals surface area contributed by atoms with Gasteiger partial charge >= 0.3 is 5.97 Å². The van der Waals surface area contributed by atoms with Gasteiger partial charge in [-0.2, -0.15) is 0 Å². The number of benzene rings is 1. The first-order valence-corrected chi connectivity index (χ1v) is 5.72. The fraction of sp³-hybridized carbons (Fsp3) is 0.286. The van der Waals surface area contributed by atoms with Gasteiger partial charge in [-0.15, -0.1) is 0 Å². The van der Waals surface area contributed by atoms with Crippen molar-refractivity contribution in [3.05, 3.63) is 46.2 Å². The smallest absolute Gasteiger partial charge is 0.355 e. The molecule has 0 saturated carbocycles. The standard InChI is InChI=1S/C14H15NO3/c1-14(2,3)18-13(17)11-8-12(16)9-6-4-5-7-10(9)15-11/h4-8H,1-3H3,(H,15,16). The average molecular weight is 245 g/mol. The molecule has 0 aliphatic rings. The predicted octanol–water partition coefficient (Wildman–Crippen LogP) is 2.48. The number of fused-ring (bicyclic) bond motifs is 1. The maximum absolute atomic E-state index is 11.9. The third-order valence-electron chi connectivity index (χ3n) is 2.36. The zero-order valence-corrected chi connectivity index (χ0v) is 10.6. The number of H-pyrrole nitrogens is 1. The Hall–Kier alpha value is -2.10. The van der Waals surface area contributed by atoms with Crippen LogP contribution in [0.25, 0.3) is 10.9 Å². The zero-order chi connectivity index (χ0) is 13.3. The largest absolute Gasteiger partial charge is 0.455 e. The molecule has 1 heterocycles. The van der Waals surface area contributed by atoms with E-state index in [0.29, 0.717) is 10.9 Å². The number of hydrogen-bond acceptors (Lipinski definition) is 3. The fourth-order valence-corrected chi connectivity index (χ4v) is 1.64. The van der Waals surface area contributed by atoms with Crippen LogP contribution in [-0.4, -0.2) is 16.6 Å². The minimum Gasteiger partial charge on any atom is -0.455 e. The summed E-state index contributed by atoms with van der Waals surface area (Å²) in [6, 6.07) is 8.33. The Labute approximate surface area is 105 Å². The van der Waals surface area contributed by atoms with Gasteiger partial charge in [0.1, 0.15) is 11.3 Å². The Morgan fingerprint density at radius 1 is 1.22 bits per heavy atom. The number of esters is 1. The highest BCUT2D eigenvalue weighted by molar-refractivity contribution is 5.91. The van der Waals surface area contributed by atoms with Crippen LogP contribution < -0.4 is 5.43 Å². The van der Waals surface area contributed by atoms with Crippen molar-refractivity contribution in [3.63, 3.8) is 0 Å². The van der Waals surface area contributed by atoms with Crippen LogP contribution in [0.1, 0.15) is 31.3 Å². The second kappa shape index (κ2) is 4.29. The van der Waals surface area contributed by atoms with Crippen molar-refractivity contribution >= 4 is 16.9 Å². The number of para-hydroxylation sites is 1. The van der Waals surface area contributed by atoms with Crippen molar-refractivity contribution in [3.8, 4) is 0 Å². The molecule has 2 aromatic rings. The monoisotopic (exact) mass is 245 g/mol. The van der Waals surface area contributed by atoms with Gasteiger partial charge in [-0.25, -0.2) is 4.79 Å². The lowest BCUT2D eigenvalue weighted by Crippen LogP contribution is -2.25. The van der Waals surface area contributed by atoms with Gasteiger partial charge in [0.05, 0.1) is 0 Å². The number of carbonyl (C=O) groups excluding carboxylic acids is 1. The molecular formula is C14H15NO3. The summed E-state index contributed by atoms with van der Waals surface area (Å²) in [6.45, 7) is 5.35.